The summed E-state index contributed by atoms with van der Waals surface area (Å²) in [5, 5.41) is 0. The topological polar surface area (TPSA) is 95.7 Å². The van der Waals surface area contributed by atoms with Gasteiger partial charge in [-0.15, -0.1) is 0 Å². The molecule has 0 saturated heterocycles. The van der Waals surface area contributed by atoms with Crippen LogP contribution < -0.4 is 5.73 Å². The largest absolute Gasteiger partial charge is 0.462 e. The van der Waals surface area contributed by atoms with E-state index >= 15 is 0 Å². The SMILES string of the molecule is CCCCCCCCCCCCCCCC(=O)OCC(CSCC(N)C(=O)C(C)C)OC(=O)CCCCCCCCCCCCCCC. The van der Waals surface area contributed by atoms with Crippen molar-refractivity contribution in [2.45, 2.75) is 220 Å². The zero-order valence-corrected chi connectivity index (χ0v) is 33.0. The van der Waals surface area contributed by atoms with Gasteiger partial charge in [-0.05, 0) is 12.8 Å². The summed E-state index contributed by atoms with van der Waals surface area (Å²) < 4.78 is 11.3. The van der Waals surface area contributed by atoms with Crippen LogP contribution in [0.25, 0.3) is 0 Å². The molecule has 0 aliphatic rings. The molecule has 284 valence electrons. The second-order valence-corrected chi connectivity index (χ2v) is 15.6. The van der Waals surface area contributed by atoms with Crippen LogP contribution in [0.15, 0.2) is 0 Å². The molecule has 2 N–H and O–H groups in total. The number of esters is 2. The Morgan fingerprint density at radius 3 is 1.25 bits per heavy atom. The molecule has 7 heteroatoms. The highest BCUT2D eigenvalue weighted by molar-refractivity contribution is 7.99. The number of rotatable bonds is 37. The molecule has 0 fully saturated rings. The van der Waals surface area contributed by atoms with Crippen molar-refractivity contribution >= 4 is 29.5 Å². The Bertz CT molecular complexity index is 746. The average molecular weight is 698 g/mol. The van der Waals surface area contributed by atoms with Crippen molar-refractivity contribution < 1.29 is 23.9 Å². The molecule has 0 heterocycles. The molecular formula is C41H79NO5S. The van der Waals surface area contributed by atoms with Crippen LogP contribution in [0.1, 0.15) is 207 Å². The lowest BCUT2D eigenvalue weighted by atomic mass is 10.0. The van der Waals surface area contributed by atoms with E-state index in [9.17, 15) is 14.4 Å². The Balaban J connectivity index is 4.21. The van der Waals surface area contributed by atoms with E-state index in [0.717, 1.165) is 38.5 Å². The highest BCUT2D eigenvalue weighted by Gasteiger charge is 2.21. The van der Waals surface area contributed by atoms with Gasteiger partial charge in [-0.1, -0.05) is 182 Å². The lowest BCUT2D eigenvalue weighted by Crippen LogP contribution is -2.36. The fraction of sp³-hybridized carbons (Fsp3) is 0.927. The van der Waals surface area contributed by atoms with E-state index in [0.29, 0.717) is 24.3 Å². The van der Waals surface area contributed by atoms with Crippen molar-refractivity contribution in [2.24, 2.45) is 11.7 Å². The van der Waals surface area contributed by atoms with Crippen LogP contribution >= 0.6 is 11.8 Å². The zero-order chi connectivity index (χ0) is 35.5. The molecule has 0 aromatic heterocycles. The van der Waals surface area contributed by atoms with E-state index in [4.69, 9.17) is 15.2 Å². The number of hydrogen-bond donors (Lipinski definition) is 1. The first-order valence-electron chi connectivity index (χ1n) is 20.5. The molecule has 0 amide bonds. The summed E-state index contributed by atoms with van der Waals surface area (Å²) in [7, 11) is 0. The molecule has 0 saturated carbocycles. The number of carbonyl (C=O) groups is 3. The predicted octanol–water partition coefficient (Wildman–Crippen LogP) is 11.7. The number of unbranched alkanes of at least 4 members (excludes halogenated alkanes) is 24. The Kier molecular flexibility index (Phi) is 34.9. The minimum atomic E-state index is -0.546. The van der Waals surface area contributed by atoms with Crippen LogP contribution in [0.4, 0.5) is 0 Å². The standard InChI is InChI=1S/C41H79NO5S/c1-5-7-9-11-13-15-17-19-21-23-25-27-29-31-39(43)46-33-37(34-48-35-38(42)41(45)36(3)4)47-40(44)32-30-28-26-24-22-20-18-16-14-12-10-8-6-2/h36-38H,5-35,42H2,1-4H3. The van der Waals surface area contributed by atoms with Gasteiger partial charge in [0, 0.05) is 30.3 Å². The summed E-state index contributed by atoms with van der Waals surface area (Å²) in [5.74, 6) is 0.362. The first-order chi connectivity index (χ1) is 23.3. The second kappa shape index (κ2) is 35.7. The van der Waals surface area contributed by atoms with Crippen LogP contribution in [-0.2, 0) is 23.9 Å². The van der Waals surface area contributed by atoms with Gasteiger partial charge in [-0.2, -0.15) is 11.8 Å². The minimum absolute atomic E-state index is 0.0303. The fourth-order valence-electron chi connectivity index (χ4n) is 6.03. The van der Waals surface area contributed by atoms with E-state index in [1.165, 1.54) is 140 Å². The summed E-state index contributed by atoms with van der Waals surface area (Å²) in [6, 6.07) is -0.546. The number of nitrogens with two attached hydrogens (primary N) is 1. The maximum atomic E-state index is 12.7. The molecule has 0 bridgehead atoms. The Morgan fingerprint density at radius 1 is 0.521 bits per heavy atom. The van der Waals surface area contributed by atoms with Gasteiger partial charge in [-0.25, -0.2) is 0 Å². The zero-order valence-electron chi connectivity index (χ0n) is 32.2. The van der Waals surface area contributed by atoms with Gasteiger partial charge >= 0.3 is 11.9 Å². The first-order valence-corrected chi connectivity index (χ1v) is 21.7. The molecule has 0 spiro atoms. The summed E-state index contributed by atoms with van der Waals surface area (Å²) in [6.45, 7) is 8.29. The maximum Gasteiger partial charge on any atom is 0.306 e. The van der Waals surface area contributed by atoms with Crippen molar-refractivity contribution in [3.63, 3.8) is 0 Å². The number of ether oxygens (including phenoxy) is 2. The van der Waals surface area contributed by atoms with Gasteiger partial charge in [0.2, 0.25) is 0 Å². The van der Waals surface area contributed by atoms with Gasteiger partial charge in [0.25, 0.3) is 0 Å². The minimum Gasteiger partial charge on any atom is -0.462 e. The molecule has 0 aromatic rings. The number of thioether (sulfide) groups is 1. The molecule has 0 rings (SSSR count). The van der Waals surface area contributed by atoms with Gasteiger partial charge < -0.3 is 15.2 Å². The maximum absolute atomic E-state index is 12.7. The lowest BCUT2D eigenvalue weighted by molar-refractivity contribution is -0.157. The molecule has 0 aromatic carbocycles. The molecule has 0 radical (unpaired) electrons. The highest BCUT2D eigenvalue weighted by atomic mass is 32.2. The van der Waals surface area contributed by atoms with Crippen molar-refractivity contribution in [1.82, 2.24) is 0 Å². The fourth-order valence-corrected chi connectivity index (χ4v) is 7.01. The van der Waals surface area contributed by atoms with Crippen molar-refractivity contribution in [2.75, 3.05) is 18.1 Å². The van der Waals surface area contributed by atoms with Crippen molar-refractivity contribution in [3.8, 4) is 0 Å². The average Bonchev–Trinajstić information content (AvgIpc) is 3.07. The van der Waals surface area contributed by atoms with Crippen molar-refractivity contribution in [1.29, 1.82) is 0 Å². The molecule has 2 atom stereocenters. The van der Waals surface area contributed by atoms with E-state index < -0.39 is 12.1 Å². The van der Waals surface area contributed by atoms with Crippen LogP contribution in [0, 0.1) is 5.92 Å². The van der Waals surface area contributed by atoms with Crippen LogP contribution in [0.2, 0.25) is 0 Å². The smallest absolute Gasteiger partial charge is 0.306 e. The van der Waals surface area contributed by atoms with E-state index in [-0.39, 0.29) is 30.2 Å². The number of ketones is 1. The molecule has 48 heavy (non-hydrogen) atoms. The highest BCUT2D eigenvalue weighted by Crippen LogP contribution is 2.16. The number of hydrogen-bond acceptors (Lipinski definition) is 7. The Labute approximate surface area is 302 Å². The summed E-state index contributed by atoms with van der Waals surface area (Å²) in [6.07, 6.45) is 33.1. The first kappa shape index (κ1) is 46.9. The summed E-state index contributed by atoms with van der Waals surface area (Å²) in [5.41, 5.74) is 6.07. The van der Waals surface area contributed by atoms with Gasteiger partial charge in [0.1, 0.15) is 12.7 Å². The van der Waals surface area contributed by atoms with Gasteiger partial charge in [0.05, 0.1) is 6.04 Å². The monoisotopic (exact) mass is 698 g/mol. The second-order valence-electron chi connectivity index (χ2n) is 14.5. The molecule has 6 nitrogen and oxygen atoms in total. The number of carbonyl (C=O) groups excluding carboxylic acids is 3. The van der Waals surface area contributed by atoms with Crippen LogP contribution in [0.5, 0.6) is 0 Å². The van der Waals surface area contributed by atoms with E-state index in [1.807, 2.05) is 13.8 Å². The third kappa shape index (κ3) is 32.1. The third-order valence-corrected chi connectivity index (χ3v) is 10.4. The van der Waals surface area contributed by atoms with Crippen LogP contribution in [-0.4, -0.2) is 48.0 Å². The van der Waals surface area contributed by atoms with Crippen molar-refractivity contribution in [3.05, 3.63) is 0 Å². The lowest BCUT2D eigenvalue weighted by Gasteiger charge is -2.19. The van der Waals surface area contributed by atoms with Gasteiger partial charge in [0.15, 0.2) is 5.78 Å². The third-order valence-electron chi connectivity index (χ3n) is 9.23. The number of Topliss-reactive ketones (excluding diaryl/α,β-unsaturated/α-hetero) is 1. The molecular weight excluding hydrogens is 619 g/mol. The van der Waals surface area contributed by atoms with Crippen LogP contribution in [0.3, 0.4) is 0 Å². The molecule has 2 unspecified atom stereocenters. The quantitative estimate of drug-likeness (QED) is 0.0510. The normalized spacial score (nSPS) is 12.7. The van der Waals surface area contributed by atoms with E-state index in [2.05, 4.69) is 13.8 Å². The Morgan fingerprint density at radius 2 is 0.875 bits per heavy atom. The Hall–Kier alpha value is -1.08. The molecule has 0 aliphatic carbocycles. The predicted molar refractivity (Wildman–Crippen MR) is 207 cm³/mol. The molecule has 0 aliphatic heterocycles. The van der Waals surface area contributed by atoms with Gasteiger partial charge in [-0.3, -0.25) is 14.4 Å². The summed E-state index contributed by atoms with van der Waals surface area (Å²) in [4.78, 5) is 37.3. The summed E-state index contributed by atoms with van der Waals surface area (Å²) >= 11 is 1.48. The van der Waals surface area contributed by atoms with E-state index in [1.54, 1.807) is 0 Å².